The molecule has 3 aromatic heterocycles. The minimum Gasteiger partial charge on any atom is -0.335 e. The summed E-state index contributed by atoms with van der Waals surface area (Å²) >= 11 is 12.2. The van der Waals surface area contributed by atoms with E-state index in [-0.39, 0.29) is 22.0 Å². The van der Waals surface area contributed by atoms with Gasteiger partial charge in [-0.05, 0) is 37.6 Å². The van der Waals surface area contributed by atoms with Crippen LogP contribution in [0.4, 0.5) is 0 Å². The molecule has 0 amide bonds. The van der Waals surface area contributed by atoms with Gasteiger partial charge in [0.25, 0.3) is 5.56 Å². The maximum Gasteiger partial charge on any atom is 0.282 e. The zero-order valence-electron chi connectivity index (χ0n) is 13.5. The van der Waals surface area contributed by atoms with Crippen molar-refractivity contribution in [2.45, 2.75) is 20.4 Å². The Kier molecular flexibility index (Phi) is 3.60. The molecule has 0 aliphatic rings. The number of pyridine rings is 2. The molecule has 0 saturated heterocycles. The Morgan fingerprint density at radius 3 is 2.64 bits per heavy atom. The van der Waals surface area contributed by atoms with Crippen LogP contribution in [0.25, 0.3) is 27.6 Å². The molecule has 0 aliphatic carbocycles. The molecule has 7 heteroatoms. The average Bonchev–Trinajstić information content (AvgIpc) is 2.58. The summed E-state index contributed by atoms with van der Waals surface area (Å²) in [6.07, 6.45) is 1.56. The van der Waals surface area contributed by atoms with Crippen LogP contribution in [0.5, 0.6) is 0 Å². The Morgan fingerprint density at radius 2 is 1.92 bits per heavy atom. The maximum atomic E-state index is 13.0. The third kappa shape index (κ3) is 2.27. The Morgan fingerprint density at radius 1 is 1.16 bits per heavy atom. The maximum absolute atomic E-state index is 13.0. The minimum atomic E-state index is -0.311. The van der Waals surface area contributed by atoms with Crippen molar-refractivity contribution in [1.29, 1.82) is 0 Å². The predicted octanol–water partition coefficient (Wildman–Crippen LogP) is 3.80. The summed E-state index contributed by atoms with van der Waals surface area (Å²) in [5, 5.41) is 1.49. The molecular weight excluding hydrogens is 361 g/mol. The lowest BCUT2D eigenvalue weighted by Crippen LogP contribution is -2.24. The quantitative estimate of drug-likeness (QED) is 0.477. The van der Waals surface area contributed by atoms with Crippen molar-refractivity contribution in [2.24, 2.45) is 0 Å². The largest absolute Gasteiger partial charge is 0.335 e. The molecule has 0 unspecified atom stereocenters. The van der Waals surface area contributed by atoms with Gasteiger partial charge in [0.05, 0.1) is 5.52 Å². The summed E-state index contributed by atoms with van der Waals surface area (Å²) in [5.74, 6) is 0. The molecule has 1 aromatic carbocycles. The van der Waals surface area contributed by atoms with Crippen LogP contribution in [-0.2, 0) is 6.54 Å². The van der Waals surface area contributed by atoms with Gasteiger partial charge in [0, 0.05) is 34.2 Å². The van der Waals surface area contributed by atoms with E-state index in [1.54, 1.807) is 35.0 Å². The summed E-state index contributed by atoms with van der Waals surface area (Å²) in [7, 11) is 0. The molecule has 25 heavy (non-hydrogen) atoms. The van der Waals surface area contributed by atoms with E-state index in [1.807, 2.05) is 13.8 Å². The van der Waals surface area contributed by atoms with E-state index in [2.05, 4.69) is 4.98 Å². The van der Waals surface area contributed by atoms with E-state index in [0.717, 1.165) is 5.56 Å². The van der Waals surface area contributed by atoms with Crippen LogP contribution in [0.1, 0.15) is 12.5 Å². The van der Waals surface area contributed by atoms with E-state index in [9.17, 15) is 9.59 Å². The minimum absolute atomic E-state index is 0.142. The van der Waals surface area contributed by atoms with E-state index in [0.29, 0.717) is 33.1 Å². The van der Waals surface area contributed by atoms with Crippen LogP contribution < -0.4 is 11.0 Å². The van der Waals surface area contributed by atoms with Crippen LogP contribution >= 0.6 is 23.2 Å². The zero-order valence-corrected chi connectivity index (χ0v) is 15.0. The number of aryl methyl sites for hydroxylation is 2. The summed E-state index contributed by atoms with van der Waals surface area (Å²) in [6, 6.07) is 6.65. The van der Waals surface area contributed by atoms with Crippen LogP contribution in [0, 0.1) is 6.92 Å². The number of hydrogen-bond donors (Lipinski definition) is 0. The van der Waals surface area contributed by atoms with Crippen molar-refractivity contribution < 1.29 is 0 Å². The number of nitrogens with zero attached hydrogens (tertiary/aromatic N) is 3. The van der Waals surface area contributed by atoms with E-state index >= 15 is 0 Å². The van der Waals surface area contributed by atoms with Gasteiger partial charge in [-0.2, -0.15) is 0 Å². The predicted molar refractivity (Wildman–Crippen MR) is 101 cm³/mol. The third-order valence-corrected chi connectivity index (χ3v) is 5.02. The molecule has 0 atom stereocenters. The summed E-state index contributed by atoms with van der Waals surface area (Å²) in [5.41, 5.74) is 1.58. The fourth-order valence-electron chi connectivity index (χ4n) is 3.16. The standard InChI is InChI=1S/C18H13Cl2N3O2/c1-3-22-13-8-12(20)9(2)6-11(13)17(24)15-16(22)18(25)23-5-4-10(19)7-14(23)21-15/h4-8H,3H2,1-2H3. The molecule has 0 fully saturated rings. The zero-order chi connectivity index (χ0) is 17.9. The van der Waals surface area contributed by atoms with Crippen molar-refractivity contribution in [2.75, 3.05) is 0 Å². The van der Waals surface area contributed by atoms with Gasteiger partial charge in [-0.3, -0.25) is 14.0 Å². The molecule has 0 N–H and O–H groups in total. The topological polar surface area (TPSA) is 56.4 Å². The van der Waals surface area contributed by atoms with E-state index in [4.69, 9.17) is 23.2 Å². The highest BCUT2D eigenvalue weighted by Gasteiger charge is 2.17. The smallest absolute Gasteiger partial charge is 0.282 e. The highest BCUT2D eigenvalue weighted by Crippen LogP contribution is 2.24. The monoisotopic (exact) mass is 373 g/mol. The molecule has 0 bridgehead atoms. The highest BCUT2D eigenvalue weighted by atomic mass is 35.5. The van der Waals surface area contributed by atoms with Crippen LogP contribution in [-0.4, -0.2) is 14.0 Å². The number of fused-ring (bicyclic) bond motifs is 3. The molecule has 0 spiro atoms. The van der Waals surface area contributed by atoms with Crippen LogP contribution in [0.3, 0.4) is 0 Å². The molecule has 4 rings (SSSR count). The van der Waals surface area contributed by atoms with Gasteiger partial charge in [-0.15, -0.1) is 0 Å². The summed E-state index contributed by atoms with van der Waals surface area (Å²) in [4.78, 5) is 30.4. The Bertz CT molecular complexity index is 1310. The molecule has 126 valence electrons. The van der Waals surface area contributed by atoms with Crippen molar-refractivity contribution in [1.82, 2.24) is 14.0 Å². The first-order valence-electron chi connectivity index (χ1n) is 7.76. The first kappa shape index (κ1) is 16.1. The van der Waals surface area contributed by atoms with Gasteiger partial charge >= 0.3 is 0 Å². The molecule has 0 radical (unpaired) electrons. The fourth-order valence-corrected chi connectivity index (χ4v) is 3.47. The molecule has 5 nitrogen and oxygen atoms in total. The first-order chi connectivity index (χ1) is 11.9. The van der Waals surface area contributed by atoms with Gasteiger partial charge in [0.15, 0.2) is 0 Å². The van der Waals surface area contributed by atoms with Gasteiger partial charge in [0.1, 0.15) is 16.7 Å². The van der Waals surface area contributed by atoms with Crippen molar-refractivity contribution in [3.8, 4) is 0 Å². The average molecular weight is 374 g/mol. The Hall–Kier alpha value is -2.37. The van der Waals surface area contributed by atoms with Crippen LogP contribution in [0.15, 0.2) is 40.1 Å². The van der Waals surface area contributed by atoms with E-state index in [1.165, 1.54) is 4.40 Å². The second kappa shape index (κ2) is 5.58. The summed E-state index contributed by atoms with van der Waals surface area (Å²) < 4.78 is 3.18. The molecule has 0 saturated carbocycles. The SMILES string of the molecule is CCn1c2cc(Cl)c(C)cc2c(=O)c2nc3cc(Cl)ccn3c(=O)c21. The second-order valence-electron chi connectivity index (χ2n) is 5.88. The third-order valence-electron chi connectivity index (χ3n) is 4.38. The lowest BCUT2D eigenvalue weighted by atomic mass is 10.1. The number of aromatic nitrogens is 3. The lowest BCUT2D eigenvalue weighted by molar-refractivity contribution is 0.811. The number of hydrogen-bond acceptors (Lipinski definition) is 3. The van der Waals surface area contributed by atoms with E-state index < -0.39 is 0 Å². The second-order valence-corrected chi connectivity index (χ2v) is 6.72. The fraction of sp³-hybridized carbons (Fsp3) is 0.167. The number of halogens is 2. The Balaban J connectivity index is 2.37. The molecular formula is C18H13Cl2N3O2. The van der Waals surface area contributed by atoms with Crippen molar-refractivity contribution >= 4 is 50.8 Å². The van der Waals surface area contributed by atoms with Crippen molar-refractivity contribution in [3.63, 3.8) is 0 Å². The van der Waals surface area contributed by atoms with Gasteiger partial charge in [-0.25, -0.2) is 4.98 Å². The van der Waals surface area contributed by atoms with Gasteiger partial charge in [-0.1, -0.05) is 23.2 Å². The van der Waals surface area contributed by atoms with Crippen LogP contribution in [0.2, 0.25) is 10.0 Å². The van der Waals surface area contributed by atoms with Gasteiger partial charge in [0.2, 0.25) is 5.43 Å². The molecule has 3 heterocycles. The van der Waals surface area contributed by atoms with Crippen molar-refractivity contribution in [3.05, 3.63) is 66.6 Å². The number of benzene rings is 1. The Labute approximate surface area is 152 Å². The number of rotatable bonds is 1. The normalized spacial score (nSPS) is 11.7. The lowest BCUT2D eigenvalue weighted by Gasteiger charge is -2.14. The van der Waals surface area contributed by atoms with Gasteiger partial charge < -0.3 is 4.57 Å². The molecule has 4 aromatic rings. The highest BCUT2D eigenvalue weighted by molar-refractivity contribution is 6.32. The first-order valence-corrected chi connectivity index (χ1v) is 8.52. The summed E-state index contributed by atoms with van der Waals surface area (Å²) in [6.45, 7) is 4.25. The molecule has 0 aliphatic heterocycles.